The van der Waals surface area contributed by atoms with E-state index in [4.69, 9.17) is 0 Å². The monoisotopic (exact) mass is 280 g/mol. The Balaban J connectivity index is 2.08. The van der Waals surface area contributed by atoms with E-state index in [1.807, 2.05) is 12.1 Å². The summed E-state index contributed by atoms with van der Waals surface area (Å²) < 4.78 is 13.1. The summed E-state index contributed by atoms with van der Waals surface area (Å²) in [4.78, 5) is 2.32. The third-order valence-electron chi connectivity index (χ3n) is 4.09. The third kappa shape index (κ3) is 4.01. The molecule has 0 spiro atoms. The van der Waals surface area contributed by atoms with E-state index in [2.05, 4.69) is 17.1 Å². The summed E-state index contributed by atoms with van der Waals surface area (Å²) in [5.74, 6) is -0.199. The predicted molar refractivity (Wildman–Crippen MR) is 79.1 cm³/mol. The molecular formula is C16H25FN2O. The number of halogens is 1. The van der Waals surface area contributed by atoms with E-state index < -0.39 is 0 Å². The van der Waals surface area contributed by atoms with Crippen LogP contribution in [0.2, 0.25) is 0 Å². The molecule has 20 heavy (non-hydrogen) atoms. The maximum absolute atomic E-state index is 13.1. The van der Waals surface area contributed by atoms with Crippen molar-refractivity contribution in [2.24, 2.45) is 0 Å². The lowest BCUT2D eigenvalue weighted by Gasteiger charge is -2.33. The first-order chi connectivity index (χ1) is 9.74. The van der Waals surface area contributed by atoms with Crippen molar-refractivity contribution >= 4 is 0 Å². The molecule has 1 aliphatic rings. The summed E-state index contributed by atoms with van der Waals surface area (Å²) in [7, 11) is 0. The van der Waals surface area contributed by atoms with Crippen molar-refractivity contribution in [3.05, 3.63) is 35.6 Å². The molecule has 0 radical (unpaired) electrons. The van der Waals surface area contributed by atoms with Gasteiger partial charge in [0.1, 0.15) is 5.82 Å². The van der Waals surface area contributed by atoms with E-state index in [-0.39, 0.29) is 18.5 Å². The van der Waals surface area contributed by atoms with Gasteiger partial charge < -0.3 is 10.4 Å². The maximum Gasteiger partial charge on any atom is 0.123 e. The van der Waals surface area contributed by atoms with Crippen LogP contribution in [-0.2, 0) is 0 Å². The molecule has 4 heteroatoms. The molecule has 0 amide bonds. The lowest BCUT2D eigenvalue weighted by molar-refractivity contribution is 0.136. The number of aliphatic hydroxyl groups is 1. The number of nitrogens with one attached hydrogen (secondary N) is 1. The first-order valence-corrected chi connectivity index (χ1v) is 7.58. The van der Waals surface area contributed by atoms with Gasteiger partial charge in [-0.2, -0.15) is 0 Å². The average Bonchev–Trinajstić information content (AvgIpc) is 2.95. The Hall–Kier alpha value is -0.970. The van der Waals surface area contributed by atoms with E-state index in [0.29, 0.717) is 12.6 Å². The normalized spacial score (nSPS) is 20.5. The van der Waals surface area contributed by atoms with Gasteiger partial charge >= 0.3 is 0 Å². The van der Waals surface area contributed by atoms with E-state index in [1.54, 1.807) is 0 Å². The molecule has 0 saturated carbocycles. The highest BCUT2D eigenvalue weighted by Gasteiger charge is 2.23. The fourth-order valence-corrected chi connectivity index (χ4v) is 3.09. The molecule has 0 aliphatic carbocycles. The number of nitrogens with zero attached hydrogens (tertiary/aromatic N) is 1. The lowest BCUT2D eigenvalue weighted by atomic mass is 10.0. The Morgan fingerprint density at radius 1 is 1.40 bits per heavy atom. The zero-order valence-electron chi connectivity index (χ0n) is 12.2. The minimum atomic E-state index is -0.199. The number of aliphatic hydroxyl groups excluding tert-OH is 1. The van der Waals surface area contributed by atoms with Crippen molar-refractivity contribution in [3.63, 3.8) is 0 Å². The van der Waals surface area contributed by atoms with E-state index >= 15 is 0 Å². The van der Waals surface area contributed by atoms with Crippen molar-refractivity contribution in [2.45, 2.75) is 38.3 Å². The number of hydrogen-bond donors (Lipinski definition) is 2. The lowest BCUT2D eigenvalue weighted by Crippen LogP contribution is -2.41. The van der Waals surface area contributed by atoms with Gasteiger partial charge in [0, 0.05) is 25.2 Å². The van der Waals surface area contributed by atoms with E-state index in [9.17, 15) is 9.50 Å². The highest BCUT2D eigenvalue weighted by molar-refractivity contribution is 5.20. The van der Waals surface area contributed by atoms with Gasteiger partial charge in [0.25, 0.3) is 0 Å². The van der Waals surface area contributed by atoms with Gasteiger partial charge in [-0.05, 0) is 43.5 Å². The highest BCUT2D eigenvalue weighted by atomic mass is 19.1. The minimum absolute atomic E-state index is 0.157. The van der Waals surface area contributed by atoms with Gasteiger partial charge in [-0.3, -0.25) is 4.90 Å². The summed E-state index contributed by atoms with van der Waals surface area (Å²) in [6.07, 6.45) is 3.38. The van der Waals surface area contributed by atoms with Crippen LogP contribution in [0.5, 0.6) is 0 Å². The fourth-order valence-electron chi connectivity index (χ4n) is 3.09. The smallest absolute Gasteiger partial charge is 0.123 e. The van der Waals surface area contributed by atoms with Gasteiger partial charge in [0.2, 0.25) is 0 Å². The second-order valence-corrected chi connectivity index (χ2v) is 5.49. The van der Waals surface area contributed by atoms with Crippen LogP contribution in [0.4, 0.5) is 4.39 Å². The summed E-state index contributed by atoms with van der Waals surface area (Å²) in [5, 5.41) is 12.8. The molecule has 2 rings (SSSR count). The van der Waals surface area contributed by atoms with Crippen molar-refractivity contribution in [3.8, 4) is 0 Å². The largest absolute Gasteiger partial charge is 0.395 e. The zero-order chi connectivity index (χ0) is 14.4. The minimum Gasteiger partial charge on any atom is -0.395 e. The van der Waals surface area contributed by atoms with Crippen molar-refractivity contribution in [2.75, 3.05) is 26.2 Å². The van der Waals surface area contributed by atoms with Crippen LogP contribution in [0.3, 0.4) is 0 Å². The second kappa shape index (κ2) is 7.72. The Kier molecular flexibility index (Phi) is 5.95. The highest BCUT2D eigenvalue weighted by Crippen LogP contribution is 2.25. The molecule has 0 aromatic heterocycles. The Morgan fingerprint density at radius 3 is 2.70 bits per heavy atom. The first-order valence-electron chi connectivity index (χ1n) is 7.58. The van der Waals surface area contributed by atoms with E-state index in [0.717, 1.165) is 25.1 Å². The Bertz CT molecular complexity index is 390. The molecule has 1 fully saturated rings. The predicted octanol–water partition coefficient (Wildman–Crippen LogP) is 2.32. The van der Waals surface area contributed by atoms with Crippen LogP contribution in [0.25, 0.3) is 0 Å². The van der Waals surface area contributed by atoms with Crippen molar-refractivity contribution in [1.29, 1.82) is 0 Å². The van der Waals surface area contributed by atoms with Crippen LogP contribution < -0.4 is 5.32 Å². The summed E-state index contributed by atoms with van der Waals surface area (Å²) in [6, 6.07) is 7.50. The zero-order valence-corrected chi connectivity index (χ0v) is 12.2. The van der Waals surface area contributed by atoms with Crippen LogP contribution in [0.1, 0.15) is 37.8 Å². The number of hydrogen-bond acceptors (Lipinski definition) is 3. The van der Waals surface area contributed by atoms with Gasteiger partial charge in [-0.15, -0.1) is 0 Å². The molecular weight excluding hydrogens is 255 g/mol. The molecule has 0 bridgehead atoms. The van der Waals surface area contributed by atoms with Gasteiger partial charge in [0.15, 0.2) is 0 Å². The molecule has 1 saturated heterocycles. The SMILES string of the molecule is CCC(c1ccc(F)cc1)N(CCO)CC1CCCN1. The van der Waals surface area contributed by atoms with Crippen LogP contribution in [0.15, 0.2) is 24.3 Å². The van der Waals surface area contributed by atoms with Gasteiger partial charge in [0.05, 0.1) is 6.61 Å². The summed E-state index contributed by atoms with van der Waals surface area (Å²) in [6.45, 7) is 4.99. The second-order valence-electron chi connectivity index (χ2n) is 5.49. The molecule has 1 heterocycles. The van der Waals surface area contributed by atoms with Crippen LogP contribution >= 0.6 is 0 Å². The molecule has 112 valence electrons. The van der Waals surface area contributed by atoms with Crippen LogP contribution in [-0.4, -0.2) is 42.3 Å². The maximum atomic E-state index is 13.1. The summed E-state index contributed by atoms with van der Waals surface area (Å²) in [5.41, 5.74) is 1.13. The number of rotatable bonds is 7. The quantitative estimate of drug-likeness (QED) is 0.804. The van der Waals surface area contributed by atoms with Crippen molar-refractivity contribution < 1.29 is 9.50 Å². The molecule has 2 atom stereocenters. The van der Waals surface area contributed by atoms with Crippen molar-refractivity contribution in [1.82, 2.24) is 10.2 Å². The average molecular weight is 280 g/mol. The Labute approximate surface area is 120 Å². The number of benzene rings is 1. The molecule has 3 nitrogen and oxygen atoms in total. The molecule has 1 aromatic carbocycles. The topological polar surface area (TPSA) is 35.5 Å². The molecule has 2 unspecified atom stereocenters. The first kappa shape index (κ1) is 15.4. The third-order valence-corrected chi connectivity index (χ3v) is 4.09. The van der Waals surface area contributed by atoms with Gasteiger partial charge in [-0.1, -0.05) is 19.1 Å². The Morgan fingerprint density at radius 2 is 2.15 bits per heavy atom. The van der Waals surface area contributed by atoms with Gasteiger partial charge in [-0.25, -0.2) is 4.39 Å². The fraction of sp³-hybridized carbons (Fsp3) is 0.625. The standard InChI is InChI=1S/C16H25FN2O/c1-2-16(13-5-7-14(17)8-6-13)19(10-11-20)12-15-4-3-9-18-15/h5-8,15-16,18,20H,2-4,9-12H2,1H3. The van der Waals surface area contributed by atoms with E-state index in [1.165, 1.54) is 25.0 Å². The molecule has 1 aliphatic heterocycles. The molecule has 1 aromatic rings. The summed E-state index contributed by atoms with van der Waals surface area (Å²) >= 11 is 0. The van der Waals surface area contributed by atoms with Crippen LogP contribution in [0, 0.1) is 5.82 Å². The molecule has 2 N–H and O–H groups in total.